The van der Waals surface area contributed by atoms with Crippen LogP contribution in [0.2, 0.25) is 0 Å². The zero-order valence-corrected chi connectivity index (χ0v) is 13.6. The van der Waals surface area contributed by atoms with E-state index in [1.807, 2.05) is 13.8 Å². The Kier molecular flexibility index (Phi) is 7.22. The number of carbonyl (C=O) groups is 2. The molecule has 22 heavy (non-hydrogen) atoms. The lowest BCUT2D eigenvalue weighted by molar-refractivity contribution is -0.122. The fourth-order valence-corrected chi connectivity index (χ4v) is 1.83. The van der Waals surface area contributed by atoms with Crippen molar-refractivity contribution in [1.82, 2.24) is 10.6 Å². The molecule has 0 fully saturated rings. The lowest BCUT2D eigenvalue weighted by Crippen LogP contribution is -2.45. The molecule has 0 unspecified atom stereocenters. The van der Waals surface area contributed by atoms with Gasteiger partial charge in [-0.1, -0.05) is 6.92 Å². The summed E-state index contributed by atoms with van der Waals surface area (Å²) in [7, 11) is 1.51. The van der Waals surface area contributed by atoms with Crippen LogP contribution < -0.4 is 20.1 Å². The molecule has 1 aromatic carbocycles. The monoisotopic (exact) mass is 308 g/mol. The van der Waals surface area contributed by atoms with E-state index in [1.165, 1.54) is 7.11 Å². The van der Waals surface area contributed by atoms with Crippen LogP contribution in [0.25, 0.3) is 0 Å². The summed E-state index contributed by atoms with van der Waals surface area (Å²) in [6, 6.07) is 4.31. The van der Waals surface area contributed by atoms with Crippen molar-refractivity contribution < 1.29 is 19.1 Å². The number of amides is 2. The van der Waals surface area contributed by atoms with E-state index in [-0.39, 0.29) is 11.8 Å². The summed E-state index contributed by atoms with van der Waals surface area (Å²) >= 11 is 0. The highest BCUT2D eigenvalue weighted by molar-refractivity contribution is 5.97. The van der Waals surface area contributed by atoms with Crippen molar-refractivity contribution in [3.63, 3.8) is 0 Å². The maximum atomic E-state index is 12.2. The van der Waals surface area contributed by atoms with Crippen molar-refractivity contribution in [3.05, 3.63) is 23.8 Å². The fourth-order valence-electron chi connectivity index (χ4n) is 1.83. The number of carbonyl (C=O) groups excluding carboxylic acids is 2. The van der Waals surface area contributed by atoms with E-state index in [0.29, 0.717) is 30.2 Å². The second-order valence-electron chi connectivity index (χ2n) is 4.78. The number of nitrogens with one attached hydrogen (secondary N) is 2. The molecule has 122 valence electrons. The molecular formula is C16H24N2O4. The Bertz CT molecular complexity index is 517. The molecular weight excluding hydrogens is 284 g/mol. The first-order chi connectivity index (χ1) is 10.5. The number of ether oxygens (including phenoxy) is 2. The van der Waals surface area contributed by atoms with Gasteiger partial charge >= 0.3 is 0 Å². The van der Waals surface area contributed by atoms with Crippen LogP contribution in [-0.2, 0) is 4.79 Å². The molecule has 0 saturated carbocycles. The van der Waals surface area contributed by atoms with Crippen molar-refractivity contribution >= 4 is 11.8 Å². The van der Waals surface area contributed by atoms with Gasteiger partial charge in [-0.2, -0.15) is 0 Å². The molecule has 2 N–H and O–H groups in total. The molecule has 0 aliphatic carbocycles. The maximum Gasteiger partial charge on any atom is 0.252 e. The number of benzene rings is 1. The van der Waals surface area contributed by atoms with Crippen molar-refractivity contribution in [2.45, 2.75) is 33.2 Å². The molecule has 6 nitrogen and oxygen atoms in total. The van der Waals surface area contributed by atoms with E-state index in [0.717, 1.165) is 6.42 Å². The van der Waals surface area contributed by atoms with E-state index in [2.05, 4.69) is 10.6 Å². The molecule has 0 heterocycles. The number of methoxy groups -OCH3 is 1. The van der Waals surface area contributed by atoms with Gasteiger partial charge in [-0.05, 0) is 38.5 Å². The quantitative estimate of drug-likeness (QED) is 0.767. The summed E-state index contributed by atoms with van der Waals surface area (Å²) in [6.07, 6.45) is 0.850. The van der Waals surface area contributed by atoms with Gasteiger partial charge in [0.2, 0.25) is 5.91 Å². The lowest BCUT2D eigenvalue weighted by atomic mass is 10.1. The Labute approximate surface area is 131 Å². The van der Waals surface area contributed by atoms with Crippen LogP contribution >= 0.6 is 0 Å². The summed E-state index contributed by atoms with van der Waals surface area (Å²) in [5.74, 6) is 0.529. The van der Waals surface area contributed by atoms with Crippen LogP contribution in [0.5, 0.6) is 11.5 Å². The van der Waals surface area contributed by atoms with Gasteiger partial charge in [-0.15, -0.1) is 0 Å². The van der Waals surface area contributed by atoms with Gasteiger partial charge in [0.15, 0.2) is 11.5 Å². The van der Waals surface area contributed by atoms with E-state index in [1.54, 1.807) is 25.1 Å². The average Bonchev–Trinajstić information content (AvgIpc) is 2.52. The van der Waals surface area contributed by atoms with E-state index in [4.69, 9.17) is 9.47 Å². The molecule has 2 amide bonds. The predicted octanol–water partition coefficient (Wildman–Crippen LogP) is 1.74. The van der Waals surface area contributed by atoms with Gasteiger partial charge in [-0.25, -0.2) is 0 Å². The van der Waals surface area contributed by atoms with Crippen molar-refractivity contribution in [2.24, 2.45) is 0 Å². The highest BCUT2D eigenvalue weighted by Gasteiger charge is 2.17. The predicted molar refractivity (Wildman–Crippen MR) is 84.4 cm³/mol. The van der Waals surface area contributed by atoms with Crippen LogP contribution in [-0.4, -0.2) is 38.1 Å². The second kappa shape index (κ2) is 8.92. The number of hydrogen-bond acceptors (Lipinski definition) is 4. The molecule has 0 spiro atoms. The molecule has 0 aromatic heterocycles. The van der Waals surface area contributed by atoms with Gasteiger partial charge in [0.25, 0.3) is 5.91 Å². The molecule has 1 rings (SSSR count). The topological polar surface area (TPSA) is 76.7 Å². The van der Waals surface area contributed by atoms with E-state index >= 15 is 0 Å². The Morgan fingerprint density at radius 1 is 1.23 bits per heavy atom. The van der Waals surface area contributed by atoms with Gasteiger partial charge in [0.1, 0.15) is 6.04 Å². The zero-order chi connectivity index (χ0) is 16.5. The Balaban J connectivity index is 2.74. The third-order valence-corrected chi connectivity index (χ3v) is 3.02. The van der Waals surface area contributed by atoms with Crippen LogP contribution in [0.15, 0.2) is 18.2 Å². The standard InChI is InChI=1S/C16H24N2O4/c1-5-9-17-15(19)11(3)18-16(20)12-7-8-13(22-6-2)14(10-12)21-4/h7-8,10-11H,5-6,9H2,1-4H3,(H,17,19)(H,18,20)/t11-/m1/s1. The van der Waals surface area contributed by atoms with Crippen LogP contribution in [0.1, 0.15) is 37.6 Å². The highest BCUT2D eigenvalue weighted by atomic mass is 16.5. The van der Waals surface area contributed by atoms with Gasteiger partial charge in [-0.3, -0.25) is 9.59 Å². The molecule has 0 aliphatic heterocycles. The van der Waals surface area contributed by atoms with Crippen molar-refractivity contribution in [1.29, 1.82) is 0 Å². The van der Waals surface area contributed by atoms with Gasteiger partial charge in [0, 0.05) is 12.1 Å². The third kappa shape index (κ3) is 4.95. The zero-order valence-electron chi connectivity index (χ0n) is 13.6. The first kappa shape index (κ1) is 17.8. The minimum absolute atomic E-state index is 0.201. The Morgan fingerprint density at radius 3 is 2.55 bits per heavy atom. The summed E-state index contributed by atoms with van der Waals surface area (Å²) < 4.78 is 10.6. The number of rotatable bonds is 8. The molecule has 0 saturated heterocycles. The first-order valence-electron chi connectivity index (χ1n) is 7.42. The molecule has 0 aliphatic rings. The maximum absolute atomic E-state index is 12.2. The lowest BCUT2D eigenvalue weighted by Gasteiger charge is -2.15. The molecule has 6 heteroatoms. The molecule has 1 atom stereocenters. The fraction of sp³-hybridized carbons (Fsp3) is 0.500. The number of hydrogen-bond donors (Lipinski definition) is 2. The molecule has 0 bridgehead atoms. The van der Waals surface area contributed by atoms with Crippen LogP contribution in [0.4, 0.5) is 0 Å². The van der Waals surface area contributed by atoms with Crippen LogP contribution in [0.3, 0.4) is 0 Å². The summed E-state index contributed by atoms with van der Waals surface area (Å²) in [5.41, 5.74) is 0.412. The van der Waals surface area contributed by atoms with E-state index in [9.17, 15) is 9.59 Å². The Morgan fingerprint density at radius 2 is 1.95 bits per heavy atom. The summed E-state index contributed by atoms with van der Waals surface area (Å²) in [5, 5.41) is 5.40. The van der Waals surface area contributed by atoms with Crippen LogP contribution in [0, 0.1) is 0 Å². The van der Waals surface area contributed by atoms with Crippen molar-refractivity contribution in [2.75, 3.05) is 20.3 Å². The minimum Gasteiger partial charge on any atom is -0.493 e. The second-order valence-corrected chi connectivity index (χ2v) is 4.78. The largest absolute Gasteiger partial charge is 0.493 e. The van der Waals surface area contributed by atoms with E-state index < -0.39 is 6.04 Å². The van der Waals surface area contributed by atoms with Gasteiger partial charge in [0.05, 0.1) is 13.7 Å². The summed E-state index contributed by atoms with van der Waals surface area (Å²) in [4.78, 5) is 23.9. The third-order valence-electron chi connectivity index (χ3n) is 3.02. The SMILES string of the molecule is CCCNC(=O)[C@@H](C)NC(=O)c1ccc(OCC)c(OC)c1. The average molecular weight is 308 g/mol. The highest BCUT2D eigenvalue weighted by Crippen LogP contribution is 2.27. The molecule has 1 aromatic rings. The first-order valence-corrected chi connectivity index (χ1v) is 7.42. The summed E-state index contributed by atoms with van der Waals surface area (Å²) in [6.45, 7) is 6.59. The normalized spacial score (nSPS) is 11.5. The molecule has 0 radical (unpaired) electrons. The van der Waals surface area contributed by atoms with Crippen molar-refractivity contribution in [3.8, 4) is 11.5 Å². The minimum atomic E-state index is -0.600. The van der Waals surface area contributed by atoms with Gasteiger partial charge < -0.3 is 20.1 Å². The smallest absolute Gasteiger partial charge is 0.252 e. The Hall–Kier alpha value is -2.24.